The Balaban J connectivity index is 2.20. The molecule has 0 aromatic carbocycles. The molecule has 2 heterocycles. The largest absolute Gasteiger partial charge is 0.447 e. The molecule has 2 saturated heterocycles. The van der Waals surface area contributed by atoms with Crippen LogP contribution in [-0.2, 0) is 14.3 Å². The predicted molar refractivity (Wildman–Crippen MR) is 110 cm³/mol. The Morgan fingerprint density at radius 1 is 0.897 bits per heavy atom. The van der Waals surface area contributed by atoms with Gasteiger partial charge in [-0.1, -0.05) is 64.9 Å². The van der Waals surface area contributed by atoms with Crippen LogP contribution in [0.5, 0.6) is 0 Å². The first-order valence-electron chi connectivity index (χ1n) is 11.2. The van der Waals surface area contributed by atoms with E-state index in [1.807, 2.05) is 6.08 Å². The van der Waals surface area contributed by atoms with Gasteiger partial charge in [0.1, 0.15) is 13.2 Å². The zero-order valence-corrected chi connectivity index (χ0v) is 18.0. The quantitative estimate of drug-likeness (QED) is 0.407. The van der Waals surface area contributed by atoms with Crippen LogP contribution in [0.1, 0.15) is 78.1 Å². The van der Waals surface area contributed by atoms with Crippen LogP contribution in [0.3, 0.4) is 0 Å². The normalized spacial score (nSPS) is 18.2. The molecule has 164 valence electrons. The Hall–Kier alpha value is -2.05. The van der Waals surface area contributed by atoms with Crippen LogP contribution in [0.25, 0.3) is 0 Å². The SMILES string of the molecule is CCCCCC/C=C(/C(CCCCCC)C(=O)N1CCOC1=O)N1CCOC1=O. The van der Waals surface area contributed by atoms with Gasteiger partial charge in [-0.2, -0.15) is 0 Å². The van der Waals surface area contributed by atoms with Gasteiger partial charge in [-0.15, -0.1) is 0 Å². The number of carbonyl (C=O) groups is 3. The molecule has 0 N–H and O–H groups in total. The first-order valence-corrected chi connectivity index (χ1v) is 11.2. The summed E-state index contributed by atoms with van der Waals surface area (Å²) in [4.78, 5) is 40.3. The Morgan fingerprint density at radius 3 is 2.03 bits per heavy atom. The zero-order valence-electron chi connectivity index (χ0n) is 18.0. The van der Waals surface area contributed by atoms with Crippen LogP contribution in [0.2, 0.25) is 0 Å². The smallest absolute Gasteiger partial charge is 0.416 e. The van der Waals surface area contributed by atoms with E-state index in [-0.39, 0.29) is 19.1 Å². The van der Waals surface area contributed by atoms with Crippen molar-refractivity contribution in [2.75, 3.05) is 26.3 Å². The van der Waals surface area contributed by atoms with E-state index >= 15 is 0 Å². The average Bonchev–Trinajstić information content (AvgIpc) is 3.33. The molecule has 3 amide bonds. The van der Waals surface area contributed by atoms with Crippen molar-refractivity contribution in [1.82, 2.24) is 9.80 Å². The summed E-state index contributed by atoms with van der Waals surface area (Å²) in [5.41, 5.74) is 0.699. The number of ether oxygens (including phenoxy) is 2. The summed E-state index contributed by atoms with van der Waals surface area (Å²) in [7, 11) is 0. The molecule has 0 aliphatic carbocycles. The van der Waals surface area contributed by atoms with Gasteiger partial charge in [-0.3, -0.25) is 9.69 Å². The van der Waals surface area contributed by atoms with Crippen molar-refractivity contribution in [2.24, 2.45) is 5.92 Å². The second kappa shape index (κ2) is 12.5. The van der Waals surface area contributed by atoms with Crippen LogP contribution < -0.4 is 0 Å². The van der Waals surface area contributed by atoms with Crippen molar-refractivity contribution in [1.29, 1.82) is 0 Å². The highest BCUT2D eigenvalue weighted by Gasteiger charge is 2.39. The van der Waals surface area contributed by atoms with Crippen LogP contribution in [0.4, 0.5) is 9.59 Å². The van der Waals surface area contributed by atoms with E-state index < -0.39 is 18.1 Å². The Labute approximate surface area is 174 Å². The maximum absolute atomic E-state index is 13.3. The van der Waals surface area contributed by atoms with Gasteiger partial charge in [-0.25, -0.2) is 14.5 Å². The lowest BCUT2D eigenvalue weighted by molar-refractivity contribution is -0.131. The fourth-order valence-corrected chi connectivity index (χ4v) is 3.84. The molecule has 0 spiro atoms. The highest BCUT2D eigenvalue weighted by Crippen LogP contribution is 2.29. The van der Waals surface area contributed by atoms with Gasteiger partial charge >= 0.3 is 12.2 Å². The minimum atomic E-state index is -0.583. The predicted octanol–water partition coefficient (Wildman–Crippen LogP) is 4.86. The molecule has 1 unspecified atom stereocenters. The van der Waals surface area contributed by atoms with Crippen molar-refractivity contribution >= 4 is 18.1 Å². The third kappa shape index (κ3) is 6.75. The number of carbonyl (C=O) groups excluding carboxylic acids is 3. The van der Waals surface area contributed by atoms with Crippen LogP contribution in [0, 0.1) is 5.92 Å². The van der Waals surface area contributed by atoms with E-state index in [4.69, 9.17) is 9.47 Å². The number of hydrogen-bond acceptors (Lipinski definition) is 5. The third-order valence-corrected chi connectivity index (χ3v) is 5.51. The first kappa shape index (κ1) is 23.2. The summed E-state index contributed by atoms with van der Waals surface area (Å²) in [6, 6.07) is 0. The van der Waals surface area contributed by atoms with E-state index in [1.54, 1.807) is 4.90 Å². The molecule has 0 bridgehead atoms. The number of imide groups is 1. The summed E-state index contributed by atoms with van der Waals surface area (Å²) in [6.45, 7) is 5.59. The van der Waals surface area contributed by atoms with Gasteiger partial charge in [0.25, 0.3) is 0 Å². The Kier molecular flexibility index (Phi) is 10.0. The highest BCUT2D eigenvalue weighted by molar-refractivity contribution is 5.96. The first-order chi connectivity index (χ1) is 14.1. The maximum Gasteiger partial charge on any atom is 0.416 e. The highest BCUT2D eigenvalue weighted by atomic mass is 16.6. The lowest BCUT2D eigenvalue weighted by Gasteiger charge is -2.27. The van der Waals surface area contributed by atoms with Gasteiger partial charge in [0.2, 0.25) is 5.91 Å². The number of amides is 3. The van der Waals surface area contributed by atoms with Gasteiger partial charge in [0, 0.05) is 5.70 Å². The standard InChI is InChI=1S/C22H36N2O5/c1-3-5-7-9-11-13-19(23-14-16-28-21(23)26)18(12-10-8-6-4-2)20(25)24-15-17-29-22(24)27/h13,18H,3-12,14-17H2,1-2H3/b19-13-. The molecule has 0 aromatic rings. The minimum Gasteiger partial charge on any atom is -0.447 e. The Bertz CT molecular complexity index is 590. The van der Waals surface area contributed by atoms with E-state index in [0.29, 0.717) is 25.3 Å². The van der Waals surface area contributed by atoms with Crippen LogP contribution in [-0.4, -0.2) is 54.2 Å². The van der Waals surface area contributed by atoms with Crippen molar-refractivity contribution in [3.05, 3.63) is 11.8 Å². The number of allylic oxidation sites excluding steroid dienone is 1. The summed E-state index contributed by atoms with van der Waals surface area (Å²) in [5, 5.41) is 0. The lowest BCUT2D eigenvalue weighted by Crippen LogP contribution is -2.41. The van der Waals surface area contributed by atoms with E-state index in [9.17, 15) is 14.4 Å². The molecule has 1 atom stereocenters. The van der Waals surface area contributed by atoms with Gasteiger partial charge < -0.3 is 9.47 Å². The molecule has 29 heavy (non-hydrogen) atoms. The molecule has 7 heteroatoms. The van der Waals surface area contributed by atoms with Crippen molar-refractivity contribution in [3.63, 3.8) is 0 Å². The molecule has 0 aromatic heterocycles. The average molecular weight is 409 g/mol. The number of rotatable bonds is 13. The van der Waals surface area contributed by atoms with Gasteiger partial charge in [0.05, 0.1) is 19.0 Å². The molecule has 2 rings (SSSR count). The molecule has 2 aliphatic heterocycles. The summed E-state index contributed by atoms with van der Waals surface area (Å²) >= 11 is 0. The second-order valence-corrected chi connectivity index (χ2v) is 7.75. The number of unbranched alkanes of at least 4 members (excludes halogenated alkanes) is 7. The topological polar surface area (TPSA) is 76.2 Å². The molecule has 2 aliphatic rings. The molecular weight excluding hydrogens is 372 g/mol. The van der Waals surface area contributed by atoms with Gasteiger partial charge in [-0.05, 0) is 19.3 Å². The summed E-state index contributed by atoms with van der Waals surface area (Å²) < 4.78 is 10.1. The van der Waals surface area contributed by atoms with Gasteiger partial charge in [0.15, 0.2) is 0 Å². The van der Waals surface area contributed by atoms with Crippen LogP contribution >= 0.6 is 0 Å². The van der Waals surface area contributed by atoms with Crippen molar-refractivity contribution in [2.45, 2.75) is 78.1 Å². The fourth-order valence-electron chi connectivity index (χ4n) is 3.84. The van der Waals surface area contributed by atoms with E-state index in [2.05, 4.69) is 13.8 Å². The lowest BCUT2D eigenvalue weighted by atomic mass is 9.93. The number of cyclic esters (lactones) is 2. The number of nitrogens with zero attached hydrogens (tertiary/aromatic N) is 2. The molecule has 0 radical (unpaired) electrons. The monoisotopic (exact) mass is 408 g/mol. The molecule has 0 saturated carbocycles. The second-order valence-electron chi connectivity index (χ2n) is 7.75. The molecule has 7 nitrogen and oxygen atoms in total. The zero-order chi connectivity index (χ0) is 21.1. The fraction of sp³-hybridized carbons (Fsp3) is 0.773. The van der Waals surface area contributed by atoms with Crippen molar-refractivity contribution < 1.29 is 23.9 Å². The molecule has 2 fully saturated rings. The third-order valence-electron chi connectivity index (χ3n) is 5.51. The minimum absolute atomic E-state index is 0.231. The van der Waals surface area contributed by atoms with E-state index in [0.717, 1.165) is 51.4 Å². The summed E-state index contributed by atoms with van der Waals surface area (Å²) in [5.74, 6) is -0.780. The summed E-state index contributed by atoms with van der Waals surface area (Å²) in [6.07, 6.45) is 11.0. The molecular formula is C22H36N2O5. The van der Waals surface area contributed by atoms with E-state index in [1.165, 1.54) is 11.3 Å². The van der Waals surface area contributed by atoms with Crippen molar-refractivity contribution in [3.8, 4) is 0 Å². The number of hydrogen-bond donors (Lipinski definition) is 0. The Morgan fingerprint density at radius 2 is 1.48 bits per heavy atom. The van der Waals surface area contributed by atoms with Crippen LogP contribution in [0.15, 0.2) is 11.8 Å². The maximum atomic E-state index is 13.3.